The van der Waals surface area contributed by atoms with Gasteiger partial charge in [-0.1, -0.05) is 70.4 Å². The largest absolute Gasteiger partial charge is 0.481 e. The highest BCUT2D eigenvalue weighted by Crippen LogP contribution is 2.21. The Kier molecular flexibility index (Phi) is 29.5. The van der Waals surface area contributed by atoms with Gasteiger partial charge in [0.1, 0.15) is 42.1 Å². The van der Waals surface area contributed by atoms with Gasteiger partial charge >= 0.3 is 17.9 Å². The number of nitrogens with two attached hydrogens (primary N) is 1. The fourth-order valence-electron chi connectivity index (χ4n) is 9.45. The number of sulfonamides is 1. The van der Waals surface area contributed by atoms with Crippen molar-refractivity contribution in [2.45, 2.75) is 138 Å². The quantitative estimate of drug-likeness (QED) is 0.0249. The molecule has 4 aromatic carbocycles. The van der Waals surface area contributed by atoms with Gasteiger partial charge in [0.15, 0.2) is 0 Å². The summed E-state index contributed by atoms with van der Waals surface area (Å²) in [5.41, 5.74) is 8.37. The van der Waals surface area contributed by atoms with Crippen LogP contribution in [0.4, 0.5) is 4.39 Å². The van der Waals surface area contributed by atoms with Gasteiger partial charge in [0.25, 0.3) is 5.91 Å². The van der Waals surface area contributed by atoms with Gasteiger partial charge in [-0.15, -0.1) is 0 Å². The Morgan fingerprint density at radius 1 is 0.559 bits per heavy atom. The number of rotatable bonds is 40. The van der Waals surface area contributed by atoms with Gasteiger partial charge in [0, 0.05) is 72.3 Å². The molecule has 0 saturated carbocycles. The number of aromatic nitrogens is 1. The minimum Gasteiger partial charge on any atom is -0.481 e. The van der Waals surface area contributed by atoms with E-state index >= 15 is 0 Å². The van der Waals surface area contributed by atoms with Crippen molar-refractivity contribution in [3.05, 3.63) is 136 Å². The Hall–Kier alpha value is -9.62. The number of carbonyl (C=O) groups is 12. The third kappa shape index (κ3) is 25.9. The topological polar surface area (TPSA) is 450 Å². The van der Waals surface area contributed by atoms with Gasteiger partial charge < -0.3 is 68.6 Å². The van der Waals surface area contributed by atoms with Gasteiger partial charge in [-0.2, -0.15) is 4.72 Å². The van der Waals surface area contributed by atoms with Crippen LogP contribution in [0.25, 0.3) is 10.9 Å². The van der Waals surface area contributed by atoms with E-state index in [1.165, 1.54) is 24.3 Å². The van der Waals surface area contributed by atoms with Crippen LogP contribution in [-0.4, -0.2) is 156 Å². The third-order valence-corrected chi connectivity index (χ3v) is 16.4. The Morgan fingerprint density at radius 3 is 1.76 bits per heavy atom. The molecule has 9 amide bonds. The molecule has 0 saturated heterocycles. The lowest BCUT2D eigenvalue weighted by molar-refractivity contribution is -0.140. The summed E-state index contributed by atoms with van der Waals surface area (Å²) in [4.78, 5) is 159. The SMILES string of the molecule is Cc1ccc(C(=O)NCCCC[C@H](NC(=O)CCCCCNC(=O)[C@H](CCC(=O)O)NC(=O)[C@H](Cc2c[nH]c3ccccc23)NC(=O)[C@H](Cc2cccc(F)c2)NC(=O)CNC(=O)[C@H](CCC(=O)O)NC(=O)[C@@H](CC(=O)O)NS(=O)(=O)c2ccc(Br)cc2)C(N)=O)cc1. The molecule has 93 heavy (non-hydrogen) atoms. The monoisotopic (exact) mass is 1380 g/mol. The second kappa shape index (κ2) is 37.0. The minimum atomic E-state index is -4.56. The minimum absolute atomic E-state index is 0.0113. The van der Waals surface area contributed by atoms with Gasteiger partial charge in [-0.05, 0) is 118 Å². The number of carboxylic acid groups (broad SMARTS) is 3. The van der Waals surface area contributed by atoms with E-state index < -0.39 is 162 Å². The van der Waals surface area contributed by atoms with Gasteiger partial charge in [0.05, 0.1) is 17.9 Å². The van der Waals surface area contributed by atoms with Crippen molar-refractivity contribution < 1.29 is 85.7 Å². The van der Waals surface area contributed by atoms with Crippen molar-refractivity contribution in [1.29, 1.82) is 0 Å². The highest BCUT2D eigenvalue weighted by atomic mass is 79.9. The summed E-state index contributed by atoms with van der Waals surface area (Å²) in [5, 5.41) is 49.3. The molecule has 1 heterocycles. The Balaban J connectivity index is 1.24. The normalized spacial score (nSPS) is 13.1. The predicted molar refractivity (Wildman–Crippen MR) is 337 cm³/mol. The number of hydrogen-bond acceptors (Lipinski definition) is 14. The molecule has 0 unspecified atom stereocenters. The number of hydrogen-bond donors (Lipinski definition) is 14. The molecule has 0 spiro atoms. The van der Waals surface area contributed by atoms with Crippen LogP contribution >= 0.6 is 15.9 Å². The number of carbonyl (C=O) groups excluding carboxylic acids is 9. The van der Waals surface area contributed by atoms with E-state index in [2.05, 4.69) is 63.4 Å². The lowest BCUT2D eigenvalue weighted by atomic mass is 10.0. The first-order valence-corrected chi connectivity index (χ1v) is 31.9. The van der Waals surface area contributed by atoms with Crippen LogP contribution < -0.4 is 53.0 Å². The number of nitrogens with one attached hydrogen (secondary N) is 10. The van der Waals surface area contributed by atoms with Crippen molar-refractivity contribution in [2.24, 2.45) is 5.73 Å². The van der Waals surface area contributed by atoms with Crippen molar-refractivity contribution in [1.82, 2.24) is 52.2 Å². The van der Waals surface area contributed by atoms with Crippen LogP contribution in [0, 0.1) is 12.7 Å². The molecular weight excluding hydrogens is 1300 g/mol. The Morgan fingerprint density at radius 2 is 1.14 bits per heavy atom. The highest BCUT2D eigenvalue weighted by molar-refractivity contribution is 9.10. The molecule has 5 rings (SSSR count). The molecule has 0 aliphatic heterocycles. The number of carboxylic acids is 3. The molecule has 28 nitrogen and oxygen atoms in total. The van der Waals surface area contributed by atoms with E-state index in [0.717, 1.165) is 29.8 Å². The number of aromatic amines is 1. The number of fused-ring (bicyclic) bond motifs is 1. The number of amides is 9. The average molecular weight is 1380 g/mol. The summed E-state index contributed by atoms with van der Waals surface area (Å²) in [6.07, 6.45) is -0.358. The number of unbranched alkanes of at least 4 members (excludes halogenated alkanes) is 3. The van der Waals surface area contributed by atoms with Crippen molar-refractivity contribution in [2.75, 3.05) is 19.6 Å². The fourth-order valence-corrected chi connectivity index (χ4v) is 10.9. The molecule has 1 aromatic heterocycles. The molecular formula is C62H75BrFN11O17S. The van der Waals surface area contributed by atoms with Crippen LogP contribution in [0.5, 0.6) is 0 Å². The molecule has 6 atom stereocenters. The van der Waals surface area contributed by atoms with Gasteiger partial charge in [-0.3, -0.25) is 57.5 Å². The standard InChI is InChI=1S/C62H75BrFN11O17S/c1-36-16-18-38(19-17-36)57(85)66-29-8-6-14-45(56(65)84)70-51(76)15-3-2-7-28-67-58(86)46(24-26-53(78)79)72-61(89)49(32-39-34-68-44-13-5-4-12-43(39)44)74-60(88)48(31-37-10-9-11-41(64)30-37)71-52(77)35-69-59(87)47(25-27-54(80)81)73-62(90)50(33-55(82)83)75-93(91,92)42-22-20-40(63)21-23-42/h4-5,9-13,16-23,30,34,45-50,68,75H,2-3,6-8,14-15,24-29,31-33,35H2,1H3,(H2,65,84)(H,66,85)(H,67,86)(H,69,87)(H,70,76)(H,71,77)(H,72,89)(H,73,90)(H,74,88)(H,78,79)(H,80,81)(H,82,83)/t45-,46-,47-,48-,49-,50+/m0/s1. The Bertz CT molecular complexity index is 3590. The van der Waals surface area contributed by atoms with Gasteiger partial charge in [0.2, 0.25) is 57.3 Å². The maximum absolute atomic E-state index is 14.6. The molecule has 0 radical (unpaired) electrons. The van der Waals surface area contributed by atoms with E-state index in [4.69, 9.17) is 5.73 Å². The molecule has 0 bridgehead atoms. The van der Waals surface area contributed by atoms with Crippen LogP contribution in [-0.2, 0) is 75.6 Å². The van der Waals surface area contributed by atoms with Crippen molar-refractivity contribution >= 4 is 108 Å². The third-order valence-electron chi connectivity index (χ3n) is 14.4. The molecule has 5 aromatic rings. The van der Waals surface area contributed by atoms with E-state index in [-0.39, 0.29) is 42.2 Å². The molecule has 0 fully saturated rings. The number of para-hydroxylation sites is 1. The summed E-state index contributed by atoms with van der Waals surface area (Å²) < 4.78 is 43.4. The van der Waals surface area contributed by atoms with Gasteiger partial charge in [-0.25, -0.2) is 12.8 Å². The molecule has 500 valence electrons. The fraction of sp³-hybridized carbons (Fsp3) is 0.387. The number of H-pyrrole nitrogens is 1. The number of benzene rings is 4. The first-order valence-electron chi connectivity index (χ1n) is 29.6. The lowest BCUT2D eigenvalue weighted by Crippen LogP contribution is -2.58. The molecule has 31 heteroatoms. The first kappa shape index (κ1) is 74.1. The Labute approximate surface area is 542 Å². The van der Waals surface area contributed by atoms with Crippen molar-refractivity contribution in [3.63, 3.8) is 0 Å². The summed E-state index contributed by atoms with van der Waals surface area (Å²) >= 11 is 3.16. The second-order valence-corrected chi connectivity index (χ2v) is 24.4. The van der Waals surface area contributed by atoms with Crippen molar-refractivity contribution in [3.8, 4) is 0 Å². The molecule has 0 aliphatic carbocycles. The summed E-state index contributed by atoms with van der Waals surface area (Å²) in [7, 11) is -4.56. The van der Waals surface area contributed by atoms with E-state index in [9.17, 15) is 85.7 Å². The molecule has 0 aliphatic rings. The highest BCUT2D eigenvalue weighted by Gasteiger charge is 2.34. The zero-order valence-electron chi connectivity index (χ0n) is 50.6. The number of primary amides is 1. The van der Waals surface area contributed by atoms with Crippen LogP contribution in [0.15, 0.2) is 113 Å². The smallest absolute Gasteiger partial charge is 0.305 e. The summed E-state index contributed by atoms with van der Waals surface area (Å²) in [6.45, 7) is 1.29. The van der Waals surface area contributed by atoms with Crippen LogP contribution in [0.3, 0.4) is 0 Å². The van der Waals surface area contributed by atoms with E-state index in [1.807, 2.05) is 23.8 Å². The maximum atomic E-state index is 14.6. The van der Waals surface area contributed by atoms with Crippen LogP contribution in [0.2, 0.25) is 0 Å². The predicted octanol–water partition coefficient (Wildman–Crippen LogP) is 2.02. The second-order valence-electron chi connectivity index (χ2n) is 21.8. The first-order chi connectivity index (χ1) is 44.2. The maximum Gasteiger partial charge on any atom is 0.305 e. The zero-order valence-corrected chi connectivity index (χ0v) is 53.0. The van der Waals surface area contributed by atoms with E-state index in [0.29, 0.717) is 65.2 Å². The zero-order chi connectivity index (χ0) is 68.2. The summed E-state index contributed by atoms with van der Waals surface area (Å²) in [5.74, 6) is -13.0. The van der Waals surface area contributed by atoms with E-state index in [1.54, 1.807) is 42.6 Å². The summed E-state index contributed by atoms with van der Waals surface area (Å²) in [6, 6.07) is 14.4. The average Bonchev–Trinajstić information content (AvgIpc) is 1.83. The van der Waals surface area contributed by atoms with Crippen LogP contribution in [0.1, 0.15) is 104 Å². The number of halogens is 2. The number of aryl methyl sites for hydroxylation is 1. The molecule has 15 N–H and O–H groups in total. The number of aliphatic carboxylic acids is 3. The lowest BCUT2D eigenvalue weighted by Gasteiger charge is -2.26.